The zero-order valence-electron chi connectivity index (χ0n) is 9.47. The number of fused-ring (bicyclic) bond motifs is 1. The summed E-state index contributed by atoms with van der Waals surface area (Å²) in [6.45, 7) is 1.82. The number of benzene rings is 1. The molecule has 0 atom stereocenters. The summed E-state index contributed by atoms with van der Waals surface area (Å²) in [5, 5.41) is 12.7. The van der Waals surface area contributed by atoms with Crippen LogP contribution < -0.4 is 0 Å². The molecule has 6 nitrogen and oxygen atoms in total. The number of H-pyrrole nitrogens is 1. The highest BCUT2D eigenvalue weighted by atomic mass is 16.5. The average molecular weight is 243 g/mol. The van der Waals surface area contributed by atoms with E-state index in [1.165, 1.54) is 12.1 Å². The van der Waals surface area contributed by atoms with Crippen LogP contribution in [-0.2, 0) is 0 Å². The van der Waals surface area contributed by atoms with E-state index in [2.05, 4.69) is 15.1 Å². The molecule has 0 aliphatic carbocycles. The van der Waals surface area contributed by atoms with E-state index in [1.807, 2.05) is 6.92 Å². The summed E-state index contributed by atoms with van der Waals surface area (Å²) in [5.41, 5.74) is 2.31. The molecule has 0 bridgehead atoms. The molecular formula is C12H9N3O3. The first-order valence-electron chi connectivity index (χ1n) is 5.30. The van der Waals surface area contributed by atoms with Crippen LogP contribution in [0.2, 0.25) is 0 Å². The van der Waals surface area contributed by atoms with Gasteiger partial charge in [-0.2, -0.15) is 0 Å². The number of hydrogen-bond donors (Lipinski definition) is 2. The van der Waals surface area contributed by atoms with Crippen molar-refractivity contribution >= 4 is 17.0 Å². The molecule has 0 aliphatic rings. The van der Waals surface area contributed by atoms with Gasteiger partial charge >= 0.3 is 5.97 Å². The summed E-state index contributed by atoms with van der Waals surface area (Å²) in [7, 11) is 0. The van der Waals surface area contributed by atoms with Gasteiger partial charge in [-0.3, -0.25) is 0 Å². The molecule has 0 spiro atoms. The first-order chi connectivity index (χ1) is 8.63. The van der Waals surface area contributed by atoms with Gasteiger partial charge in [0.05, 0.1) is 22.3 Å². The van der Waals surface area contributed by atoms with Gasteiger partial charge in [0, 0.05) is 6.07 Å². The highest BCUT2D eigenvalue weighted by Gasteiger charge is 2.11. The van der Waals surface area contributed by atoms with E-state index in [1.54, 1.807) is 12.1 Å². The van der Waals surface area contributed by atoms with E-state index < -0.39 is 5.97 Å². The Labute approximate surface area is 101 Å². The number of carboxylic acid groups (broad SMARTS) is 1. The minimum Gasteiger partial charge on any atom is -0.478 e. The van der Waals surface area contributed by atoms with Crippen molar-refractivity contribution in [3.63, 3.8) is 0 Å². The maximum Gasteiger partial charge on any atom is 0.335 e. The van der Waals surface area contributed by atoms with Gasteiger partial charge in [0.15, 0.2) is 5.82 Å². The summed E-state index contributed by atoms with van der Waals surface area (Å²) in [6, 6.07) is 6.47. The van der Waals surface area contributed by atoms with Crippen LogP contribution in [-0.4, -0.2) is 26.2 Å². The van der Waals surface area contributed by atoms with Gasteiger partial charge < -0.3 is 14.6 Å². The van der Waals surface area contributed by atoms with Gasteiger partial charge in [-0.15, -0.1) is 0 Å². The Morgan fingerprint density at radius 1 is 1.39 bits per heavy atom. The minimum absolute atomic E-state index is 0.214. The molecule has 1 aromatic carbocycles. The highest BCUT2D eigenvalue weighted by Crippen LogP contribution is 2.21. The Morgan fingerprint density at radius 3 is 2.89 bits per heavy atom. The van der Waals surface area contributed by atoms with E-state index in [9.17, 15) is 4.79 Å². The number of aromatic carboxylic acids is 1. The van der Waals surface area contributed by atoms with E-state index >= 15 is 0 Å². The molecule has 18 heavy (non-hydrogen) atoms. The number of nitrogens with zero attached hydrogens (tertiary/aromatic N) is 2. The number of aromatic nitrogens is 3. The lowest BCUT2D eigenvalue weighted by Gasteiger charge is -1.92. The Kier molecular flexibility index (Phi) is 2.16. The third kappa shape index (κ3) is 1.64. The molecule has 0 aliphatic heterocycles. The predicted molar refractivity (Wildman–Crippen MR) is 63.3 cm³/mol. The Morgan fingerprint density at radius 2 is 2.22 bits per heavy atom. The highest BCUT2D eigenvalue weighted by molar-refractivity contribution is 5.92. The number of carboxylic acids is 1. The van der Waals surface area contributed by atoms with Crippen molar-refractivity contribution in [2.45, 2.75) is 6.92 Å². The second kappa shape index (κ2) is 3.69. The molecular weight excluding hydrogens is 234 g/mol. The summed E-state index contributed by atoms with van der Waals surface area (Å²) in [6.07, 6.45) is 0. The van der Waals surface area contributed by atoms with Crippen molar-refractivity contribution in [1.82, 2.24) is 15.1 Å². The number of aryl methyl sites for hydroxylation is 1. The summed E-state index contributed by atoms with van der Waals surface area (Å²) in [4.78, 5) is 18.2. The minimum atomic E-state index is -0.969. The largest absolute Gasteiger partial charge is 0.478 e. The van der Waals surface area contributed by atoms with Crippen LogP contribution in [0.25, 0.3) is 22.6 Å². The van der Waals surface area contributed by atoms with Gasteiger partial charge in [0.25, 0.3) is 0 Å². The van der Waals surface area contributed by atoms with E-state index in [0.29, 0.717) is 22.6 Å². The van der Waals surface area contributed by atoms with Crippen LogP contribution in [0, 0.1) is 6.92 Å². The van der Waals surface area contributed by atoms with Gasteiger partial charge in [0.1, 0.15) is 0 Å². The standard InChI is InChI=1S/C12H9N3O3/c1-6-4-10(18-15-6)11-13-8-3-2-7(12(16)17)5-9(8)14-11/h2-5H,1H3,(H,13,14)(H,16,17). The lowest BCUT2D eigenvalue weighted by atomic mass is 10.2. The van der Waals surface area contributed by atoms with Crippen LogP contribution in [0.15, 0.2) is 28.8 Å². The quantitative estimate of drug-likeness (QED) is 0.720. The Balaban J connectivity index is 2.13. The second-order valence-corrected chi connectivity index (χ2v) is 3.96. The van der Waals surface area contributed by atoms with Crippen LogP contribution in [0.3, 0.4) is 0 Å². The van der Waals surface area contributed by atoms with Crippen LogP contribution >= 0.6 is 0 Å². The van der Waals surface area contributed by atoms with Crippen LogP contribution in [0.4, 0.5) is 0 Å². The first kappa shape index (κ1) is 10.5. The fraction of sp³-hybridized carbons (Fsp3) is 0.0833. The molecule has 0 radical (unpaired) electrons. The molecule has 0 fully saturated rings. The monoisotopic (exact) mass is 243 g/mol. The predicted octanol–water partition coefficient (Wildman–Crippen LogP) is 2.22. The van der Waals surface area contributed by atoms with Crippen molar-refractivity contribution in [3.05, 3.63) is 35.5 Å². The van der Waals surface area contributed by atoms with Crippen molar-refractivity contribution in [1.29, 1.82) is 0 Å². The molecule has 0 amide bonds. The fourth-order valence-corrected chi connectivity index (χ4v) is 1.73. The molecule has 2 heterocycles. The third-order valence-corrected chi connectivity index (χ3v) is 2.59. The average Bonchev–Trinajstić information content (AvgIpc) is 2.93. The topological polar surface area (TPSA) is 92.0 Å². The summed E-state index contributed by atoms with van der Waals surface area (Å²) < 4.78 is 5.10. The van der Waals surface area contributed by atoms with Crippen molar-refractivity contribution in [2.24, 2.45) is 0 Å². The molecule has 0 unspecified atom stereocenters. The molecule has 3 rings (SSSR count). The number of rotatable bonds is 2. The number of aromatic amines is 1. The van der Waals surface area contributed by atoms with Crippen molar-refractivity contribution < 1.29 is 14.4 Å². The molecule has 6 heteroatoms. The third-order valence-electron chi connectivity index (χ3n) is 2.59. The van der Waals surface area contributed by atoms with Crippen molar-refractivity contribution in [2.75, 3.05) is 0 Å². The summed E-state index contributed by atoms with van der Waals surface area (Å²) >= 11 is 0. The van der Waals surface area contributed by atoms with E-state index in [-0.39, 0.29) is 5.56 Å². The second-order valence-electron chi connectivity index (χ2n) is 3.96. The molecule has 90 valence electrons. The van der Waals surface area contributed by atoms with Crippen LogP contribution in [0.5, 0.6) is 0 Å². The Bertz CT molecular complexity index is 742. The number of hydrogen-bond acceptors (Lipinski definition) is 4. The SMILES string of the molecule is Cc1cc(-c2nc3ccc(C(=O)O)cc3[nH]2)on1. The summed E-state index contributed by atoms with van der Waals surface area (Å²) in [5.74, 6) is 0.0947. The lowest BCUT2D eigenvalue weighted by molar-refractivity contribution is 0.0697. The zero-order valence-corrected chi connectivity index (χ0v) is 9.47. The number of carbonyl (C=O) groups is 1. The van der Waals surface area contributed by atoms with Gasteiger partial charge in [0.2, 0.25) is 5.76 Å². The fourth-order valence-electron chi connectivity index (χ4n) is 1.73. The Hall–Kier alpha value is -2.63. The van der Waals surface area contributed by atoms with Gasteiger partial charge in [-0.25, -0.2) is 9.78 Å². The maximum absolute atomic E-state index is 10.9. The lowest BCUT2D eigenvalue weighted by Crippen LogP contribution is -1.94. The smallest absolute Gasteiger partial charge is 0.335 e. The molecule has 0 saturated heterocycles. The number of imidazole rings is 1. The molecule has 2 N–H and O–H groups in total. The number of nitrogens with one attached hydrogen (secondary N) is 1. The van der Waals surface area contributed by atoms with E-state index in [0.717, 1.165) is 5.69 Å². The van der Waals surface area contributed by atoms with Crippen molar-refractivity contribution in [3.8, 4) is 11.6 Å². The van der Waals surface area contributed by atoms with E-state index in [4.69, 9.17) is 9.63 Å². The molecule has 0 saturated carbocycles. The van der Waals surface area contributed by atoms with Gasteiger partial charge in [-0.05, 0) is 25.1 Å². The normalized spacial score (nSPS) is 10.9. The first-order valence-corrected chi connectivity index (χ1v) is 5.30. The maximum atomic E-state index is 10.9. The molecule has 3 aromatic rings. The molecule has 2 aromatic heterocycles. The van der Waals surface area contributed by atoms with Crippen LogP contribution in [0.1, 0.15) is 16.1 Å². The van der Waals surface area contributed by atoms with Gasteiger partial charge in [-0.1, -0.05) is 5.16 Å². The zero-order chi connectivity index (χ0) is 12.7.